The van der Waals surface area contributed by atoms with Crippen LogP contribution in [-0.4, -0.2) is 57.9 Å². The maximum atomic E-state index is 13.2. The van der Waals surface area contributed by atoms with Gasteiger partial charge >= 0.3 is 0 Å². The molecule has 0 unspecified atom stereocenters. The first-order chi connectivity index (χ1) is 27.5. The Hall–Kier alpha value is -2.89. The zero-order valence-corrected chi connectivity index (χ0v) is 38.3. The van der Waals surface area contributed by atoms with Gasteiger partial charge in [-0.1, -0.05) is 86.4 Å². The largest absolute Gasteiger partial charge is 0.304 e. The van der Waals surface area contributed by atoms with Crippen molar-refractivity contribution in [3.63, 3.8) is 0 Å². The number of benzene rings is 4. The van der Waals surface area contributed by atoms with Crippen LogP contribution in [0.25, 0.3) is 0 Å². The highest BCUT2D eigenvalue weighted by Crippen LogP contribution is 2.34. The number of carbonyl (C=O) groups is 2. The molecule has 0 atom stereocenters. The van der Waals surface area contributed by atoms with E-state index in [4.69, 9.17) is 81.2 Å². The van der Waals surface area contributed by atoms with E-state index in [2.05, 4.69) is 38.8 Å². The van der Waals surface area contributed by atoms with Gasteiger partial charge in [0.05, 0.1) is 36.7 Å². The van der Waals surface area contributed by atoms with Gasteiger partial charge < -0.3 is 4.90 Å². The molecular formula is C38H37Cl7F4N2O6S2. The summed E-state index contributed by atoms with van der Waals surface area (Å²) in [7, 11) is -8.34. The molecule has 4 rings (SSSR count). The lowest BCUT2D eigenvalue weighted by atomic mass is 10.2. The van der Waals surface area contributed by atoms with Gasteiger partial charge in [0.25, 0.3) is 15.9 Å². The predicted octanol–water partition coefficient (Wildman–Crippen LogP) is 12.1. The molecule has 0 aliphatic rings. The normalized spacial score (nSPS) is 10.6. The van der Waals surface area contributed by atoms with Crippen LogP contribution in [0.5, 0.6) is 0 Å². The van der Waals surface area contributed by atoms with Gasteiger partial charge in [0.15, 0.2) is 9.84 Å². The van der Waals surface area contributed by atoms with Gasteiger partial charge in [-0.3, -0.25) is 9.59 Å². The van der Waals surface area contributed by atoms with Crippen LogP contribution in [0.15, 0.2) is 108 Å². The fourth-order valence-electron chi connectivity index (χ4n) is 4.20. The topological polar surface area (TPSA) is 109 Å². The van der Waals surface area contributed by atoms with Crippen LogP contribution < -0.4 is 4.31 Å². The van der Waals surface area contributed by atoms with E-state index in [1.807, 2.05) is 0 Å². The van der Waals surface area contributed by atoms with Crippen molar-refractivity contribution in [1.82, 2.24) is 4.90 Å². The third-order valence-corrected chi connectivity index (χ3v) is 12.2. The molecule has 21 heteroatoms. The van der Waals surface area contributed by atoms with Crippen LogP contribution in [0.3, 0.4) is 0 Å². The van der Waals surface area contributed by atoms with E-state index in [0.717, 1.165) is 78.9 Å². The number of rotatable bonds is 11. The average Bonchev–Trinajstić information content (AvgIpc) is 3.15. The standard InChI is InChI=1S/C15H9Cl2F2NO3S.C13H8Cl2F2O2S.C6H15N.C3H3ClO.CH2Cl2/c1-2-15(21)20(13-5-3-9(18)7-11(13)16)24(22,23)14-6-4-10(19)8-12(14)17;14-11-5-9(16)2-1-8(11)7-20(18,19)13-4-3-10(17)6-12(13)15;1-4-7(5-2)6-3;1-2-3(4)5;2-1-3/h2-8H,1H2;1-6H,7H2;4-6H2,1-3H3;2H,1H2;1H2. The van der Waals surface area contributed by atoms with Gasteiger partial charge in [-0.2, -0.15) is 4.31 Å². The van der Waals surface area contributed by atoms with Crippen LogP contribution >= 0.6 is 81.2 Å². The minimum Gasteiger partial charge on any atom is -0.304 e. The molecule has 0 aliphatic heterocycles. The number of halogens is 11. The fourth-order valence-corrected chi connectivity index (χ4v) is 8.71. The summed E-state index contributed by atoms with van der Waals surface area (Å²) in [6.07, 6.45) is 1.79. The summed E-state index contributed by atoms with van der Waals surface area (Å²) in [5.74, 6) is -4.14. The third kappa shape index (κ3) is 19.1. The number of nitrogens with zero attached hydrogens (tertiary/aromatic N) is 2. The molecular weight excluding hydrogens is 969 g/mol. The minimum absolute atomic E-state index is 0.00630. The number of sulfone groups is 1. The first-order valence-electron chi connectivity index (χ1n) is 16.4. The third-order valence-electron chi connectivity index (χ3n) is 7.01. The number of alkyl halides is 2. The molecule has 0 heterocycles. The molecule has 0 bridgehead atoms. The molecule has 0 aromatic heterocycles. The van der Waals surface area contributed by atoms with Gasteiger partial charge in [0.2, 0.25) is 5.24 Å². The Morgan fingerprint density at radius 3 is 1.34 bits per heavy atom. The van der Waals surface area contributed by atoms with E-state index in [-0.39, 0.29) is 36.6 Å². The molecule has 4 aromatic rings. The number of anilines is 1. The van der Waals surface area contributed by atoms with Crippen molar-refractivity contribution in [2.45, 2.75) is 36.3 Å². The maximum absolute atomic E-state index is 13.2. The summed E-state index contributed by atoms with van der Waals surface area (Å²) < 4.78 is 103. The fraction of sp³-hybridized carbons (Fsp3) is 0.211. The van der Waals surface area contributed by atoms with E-state index in [1.54, 1.807) is 0 Å². The van der Waals surface area contributed by atoms with Crippen LogP contribution in [0, 0.1) is 23.3 Å². The summed E-state index contributed by atoms with van der Waals surface area (Å²) in [6.45, 7) is 16.4. The number of hydrogen-bond donors (Lipinski definition) is 0. The first kappa shape index (κ1) is 56.1. The molecule has 1 amide bonds. The predicted molar refractivity (Wildman–Crippen MR) is 232 cm³/mol. The van der Waals surface area contributed by atoms with Crippen molar-refractivity contribution < 1.29 is 44.0 Å². The highest BCUT2D eigenvalue weighted by Gasteiger charge is 2.33. The van der Waals surface area contributed by atoms with Crippen molar-refractivity contribution in [3.8, 4) is 0 Å². The Bertz CT molecular complexity index is 2260. The van der Waals surface area contributed by atoms with E-state index in [1.165, 1.54) is 25.7 Å². The Morgan fingerprint density at radius 1 is 0.627 bits per heavy atom. The Balaban J connectivity index is 0.000000857. The lowest BCUT2D eigenvalue weighted by Crippen LogP contribution is -2.36. The molecule has 8 nitrogen and oxygen atoms in total. The SMILES string of the molecule is C=CC(=O)Cl.C=CC(=O)N(c1ccc(F)cc1Cl)S(=O)(=O)c1ccc(F)cc1Cl.CCN(CC)CC.ClCCl.O=S(=O)(Cc1ccc(F)cc1Cl)c1ccc(F)cc1Cl. The molecule has 0 saturated carbocycles. The van der Waals surface area contributed by atoms with Gasteiger partial charge in [-0.05, 0) is 116 Å². The van der Waals surface area contributed by atoms with Gasteiger partial charge in [0, 0.05) is 5.02 Å². The number of carbonyl (C=O) groups excluding carboxylic acids is 2. The molecule has 0 aliphatic carbocycles. The number of hydrogen-bond acceptors (Lipinski definition) is 7. The van der Waals surface area contributed by atoms with Gasteiger partial charge in [0.1, 0.15) is 28.2 Å². The first-order valence-corrected chi connectivity index (χ1v) is 22.5. The molecule has 0 saturated heterocycles. The molecule has 324 valence electrons. The number of sulfonamides is 1. The Kier molecular flexibility index (Phi) is 26.5. The van der Waals surface area contributed by atoms with Crippen LogP contribution in [-0.2, 0) is 35.2 Å². The van der Waals surface area contributed by atoms with Gasteiger partial charge in [-0.25, -0.2) is 34.4 Å². The van der Waals surface area contributed by atoms with E-state index in [9.17, 15) is 44.0 Å². The average molecular weight is 1010 g/mol. The molecule has 0 radical (unpaired) electrons. The highest BCUT2D eigenvalue weighted by atomic mass is 35.5. The highest BCUT2D eigenvalue weighted by molar-refractivity contribution is 7.93. The van der Waals surface area contributed by atoms with Gasteiger partial charge in [-0.15, -0.1) is 23.2 Å². The second-order valence-corrected chi connectivity index (χ2v) is 17.3. The summed E-state index contributed by atoms with van der Waals surface area (Å²) in [4.78, 5) is 23.2. The number of allylic oxidation sites excluding steroid dienone is 1. The second-order valence-electron chi connectivity index (χ2n) is 10.8. The smallest absolute Gasteiger partial charge is 0.272 e. The second kappa shape index (κ2) is 27.9. The molecule has 0 fully saturated rings. The zero-order chi connectivity index (χ0) is 45.7. The molecule has 4 aromatic carbocycles. The van der Waals surface area contributed by atoms with Crippen molar-refractivity contribution >= 4 is 118 Å². The lowest BCUT2D eigenvalue weighted by molar-refractivity contribution is -0.113. The zero-order valence-electron chi connectivity index (χ0n) is 31.4. The summed E-state index contributed by atoms with van der Waals surface area (Å²) in [6, 6.07) is 11.8. The summed E-state index contributed by atoms with van der Waals surface area (Å²) in [5, 5.41) is -1.25. The van der Waals surface area contributed by atoms with E-state index < -0.39 is 70.0 Å². The molecule has 0 N–H and O–H groups in total. The Morgan fingerprint density at radius 2 is 1.00 bits per heavy atom. The summed E-state index contributed by atoms with van der Waals surface area (Å²) >= 11 is 37.4. The van der Waals surface area contributed by atoms with Crippen LogP contribution in [0.1, 0.15) is 26.3 Å². The number of amides is 1. The van der Waals surface area contributed by atoms with Crippen molar-refractivity contribution in [1.29, 1.82) is 0 Å². The Labute approximate surface area is 376 Å². The molecule has 59 heavy (non-hydrogen) atoms. The monoisotopic (exact) mass is 1000 g/mol. The quantitative estimate of drug-likeness (QED) is 0.0484. The van der Waals surface area contributed by atoms with Crippen LogP contribution in [0.4, 0.5) is 23.2 Å². The van der Waals surface area contributed by atoms with Crippen molar-refractivity contribution in [2.75, 3.05) is 29.3 Å². The van der Waals surface area contributed by atoms with E-state index in [0.29, 0.717) is 4.31 Å². The minimum atomic E-state index is -4.54. The molecule has 0 spiro atoms. The maximum Gasteiger partial charge on any atom is 0.272 e. The van der Waals surface area contributed by atoms with Crippen molar-refractivity contribution in [3.05, 3.63) is 147 Å². The van der Waals surface area contributed by atoms with Crippen molar-refractivity contribution in [2.24, 2.45) is 0 Å². The summed E-state index contributed by atoms with van der Waals surface area (Å²) in [5.41, 5.74) is -0.0446. The van der Waals surface area contributed by atoms with Crippen LogP contribution in [0.2, 0.25) is 20.1 Å². The van der Waals surface area contributed by atoms with E-state index >= 15 is 0 Å². The lowest BCUT2D eigenvalue weighted by Gasteiger charge is -2.22.